The Morgan fingerprint density at radius 1 is 1.44 bits per heavy atom. The van der Waals surface area contributed by atoms with Gasteiger partial charge in [0.1, 0.15) is 6.61 Å². The Morgan fingerprint density at radius 2 is 2.11 bits per heavy atom. The van der Waals surface area contributed by atoms with Crippen molar-refractivity contribution in [3.63, 3.8) is 0 Å². The second-order valence-electron chi connectivity index (χ2n) is 3.62. The summed E-state index contributed by atoms with van der Waals surface area (Å²) in [4.78, 5) is 22.5. The summed E-state index contributed by atoms with van der Waals surface area (Å²) in [6.45, 7) is 6.45. The Bertz CT molecular complexity index is 471. The minimum absolute atomic E-state index is 0.00664. The number of carbonyl (C=O) groups is 2. The fourth-order valence-corrected chi connectivity index (χ4v) is 1.93. The van der Waals surface area contributed by atoms with Gasteiger partial charge in [0.25, 0.3) is 0 Å². The summed E-state index contributed by atoms with van der Waals surface area (Å²) in [6, 6.07) is 0. The molecule has 0 aromatic heterocycles. The molecule has 1 aliphatic carbocycles. The van der Waals surface area contributed by atoms with Gasteiger partial charge in [-0.05, 0) is 12.5 Å². The average molecular weight is 269 g/mol. The first-order chi connectivity index (χ1) is 8.52. The van der Waals surface area contributed by atoms with Crippen LogP contribution in [0, 0.1) is 0 Å². The van der Waals surface area contributed by atoms with Crippen LogP contribution in [0.25, 0.3) is 0 Å². The Balaban J connectivity index is 3.22. The van der Waals surface area contributed by atoms with Crippen LogP contribution in [0.4, 0.5) is 0 Å². The topological polar surface area (TPSA) is 63.6 Å². The van der Waals surface area contributed by atoms with E-state index in [0.717, 1.165) is 0 Å². The zero-order valence-corrected chi connectivity index (χ0v) is 10.5. The van der Waals surface area contributed by atoms with Crippen LogP contribution in [0.2, 0.25) is 0 Å². The maximum Gasteiger partial charge on any atom is 0.227 e. The molecule has 0 bridgehead atoms. The Kier molecular flexibility index (Phi) is 4.68. The van der Waals surface area contributed by atoms with Crippen molar-refractivity contribution in [1.82, 2.24) is 0 Å². The third-order valence-corrected chi connectivity index (χ3v) is 2.92. The van der Waals surface area contributed by atoms with Gasteiger partial charge >= 0.3 is 0 Å². The van der Waals surface area contributed by atoms with E-state index in [4.69, 9.17) is 21.4 Å². The minimum atomic E-state index is -1.70. The van der Waals surface area contributed by atoms with E-state index in [0.29, 0.717) is 0 Å². The van der Waals surface area contributed by atoms with Gasteiger partial charge in [-0.3, -0.25) is 9.59 Å². The van der Waals surface area contributed by atoms with Gasteiger partial charge in [0, 0.05) is 0 Å². The molecule has 1 unspecified atom stereocenters. The SMILES string of the molecule is C=C=CC1=C(OCCO)C(=O)C(Cl)(CC=C)C1=O. The minimum Gasteiger partial charge on any atom is -0.487 e. The van der Waals surface area contributed by atoms with Crippen LogP contribution in [-0.4, -0.2) is 34.8 Å². The van der Waals surface area contributed by atoms with E-state index in [-0.39, 0.29) is 31.0 Å². The molecular weight excluding hydrogens is 256 g/mol. The largest absolute Gasteiger partial charge is 0.487 e. The van der Waals surface area contributed by atoms with E-state index < -0.39 is 16.4 Å². The molecule has 0 aromatic rings. The monoisotopic (exact) mass is 268 g/mol. The fraction of sp³-hybridized carbons (Fsp3) is 0.308. The van der Waals surface area contributed by atoms with Gasteiger partial charge in [-0.15, -0.1) is 23.9 Å². The summed E-state index contributed by atoms with van der Waals surface area (Å²) in [5.74, 6) is -1.33. The van der Waals surface area contributed by atoms with Crippen LogP contribution in [0.15, 0.2) is 42.4 Å². The Morgan fingerprint density at radius 3 is 2.61 bits per heavy atom. The number of aliphatic hydroxyl groups is 1. The first-order valence-corrected chi connectivity index (χ1v) is 5.64. The van der Waals surface area contributed by atoms with Gasteiger partial charge in [-0.1, -0.05) is 12.7 Å². The standard InChI is InChI=1S/C13H13ClO4/c1-3-5-9-10(18-8-7-15)12(17)13(14,6-4-2)11(9)16/h4-5,15H,1-2,6-8H2. The van der Waals surface area contributed by atoms with Crippen LogP contribution < -0.4 is 0 Å². The molecule has 1 rings (SSSR count). The summed E-state index contributed by atoms with van der Waals surface area (Å²) in [7, 11) is 0. The van der Waals surface area contributed by atoms with Crippen molar-refractivity contribution in [2.75, 3.05) is 13.2 Å². The number of allylic oxidation sites excluding steroid dienone is 4. The van der Waals surface area contributed by atoms with Crippen molar-refractivity contribution in [1.29, 1.82) is 0 Å². The zero-order valence-electron chi connectivity index (χ0n) is 9.74. The number of alkyl halides is 1. The summed E-state index contributed by atoms with van der Waals surface area (Å²) in [5.41, 5.74) is 2.44. The molecule has 0 saturated heterocycles. The molecule has 0 amide bonds. The lowest BCUT2D eigenvalue weighted by Gasteiger charge is -2.15. The van der Waals surface area contributed by atoms with Crippen molar-refractivity contribution in [2.45, 2.75) is 11.3 Å². The molecule has 1 atom stereocenters. The quantitative estimate of drug-likeness (QED) is 0.341. The predicted octanol–water partition coefficient (Wildman–Crippen LogP) is 1.30. The highest BCUT2D eigenvalue weighted by Gasteiger charge is 2.53. The molecular formula is C13H13ClO4. The maximum absolute atomic E-state index is 12.1. The molecule has 0 heterocycles. The lowest BCUT2D eigenvalue weighted by molar-refractivity contribution is -0.126. The Labute approximate surface area is 110 Å². The fourth-order valence-electron chi connectivity index (χ4n) is 1.63. The lowest BCUT2D eigenvalue weighted by Crippen LogP contribution is -2.36. The number of hydrogen-bond donors (Lipinski definition) is 1. The number of ketones is 2. The van der Waals surface area contributed by atoms with Crippen LogP contribution in [0.5, 0.6) is 0 Å². The second kappa shape index (κ2) is 5.83. The molecule has 0 radical (unpaired) electrons. The maximum atomic E-state index is 12.1. The van der Waals surface area contributed by atoms with Crippen LogP contribution >= 0.6 is 11.6 Å². The third kappa shape index (κ3) is 2.31. The van der Waals surface area contributed by atoms with E-state index in [1.807, 2.05) is 0 Å². The summed E-state index contributed by atoms with van der Waals surface area (Å²) in [5, 5.41) is 8.70. The first-order valence-electron chi connectivity index (χ1n) is 5.26. The van der Waals surface area contributed by atoms with Crippen molar-refractivity contribution in [3.8, 4) is 0 Å². The van der Waals surface area contributed by atoms with Gasteiger partial charge < -0.3 is 9.84 Å². The third-order valence-electron chi connectivity index (χ3n) is 2.42. The number of ether oxygens (including phenoxy) is 1. The first kappa shape index (κ1) is 14.5. The van der Waals surface area contributed by atoms with Crippen LogP contribution in [-0.2, 0) is 14.3 Å². The molecule has 4 nitrogen and oxygen atoms in total. The molecule has 96 valence electrons. The molecule has 0 spiro atoms. The van der Waals surface area contributed by atoms with E-state index in [2.05, 4.69) is 18.9 Å². The highest BCUT2D eigenvalue weighted by Crippen LogP contribution is 2.37. The molecule has 1 N–H and O–H groups in total. The lowest BCUT2D eigenvalue weighted by atomic mass is 9.98. The van der Waals surface area contributed by atoms with Crippen molar-refractivity contribution < 1.29 is 19.4 Å². The molecule has 0 aliphatic heterocycles. The highest BCUT2D eigenvalue weighted by molar-refractivity contribution is 6.54. The number of hydrogen-bond acceptors (Lipinski definition) is 4. The number of rotatable bonds is 6. The number of aliphatic hydroxyl groups excluding tert-OH is 1. The van der Waals surface area contributed by atoms with E-state index in [1.165, 1.54) is 12.2 Å². The van der Waals surface area contributed by atoms with Crippen molar-refractivity contribution >= 4 is 23.2 Å². The molecule has 1 aliphatic rings. The van der Waals surface area contributed by atoms with Gasteiger partial charge in [0.05, 0.1) is 12.2 Å². The molecule has 5 heteroatoms. The highest BCUT2D eigenvalue weighted by atomic mass is 35.5. The van der Waals surface area contributed by atoms with E-state index in [9.17, 15) is 9.59 Å². The van der Waals surface area contributed by atoms with Crippen molar-refractivity contribution in [2.24, 2.45) is 0 Å². The van der Waals surface area contributed by atoms with Crippen molar-refractivity contribution in [3.05, 3.63) is 42.4 Å². The van der Waals surface area contributed by atoms with E-state index >= 15 is 0 Å². The normalized spacial score (nSPS) is 23.0. The second-order valence-corrected chi connectivity index (χ2v) is 4.26. The van der Waals surface area contributed by atoms with Gasteiger partial charge in [0.15, 0.2) is 16.4 Å². The van der Waals surface area contributed by atoms with Crippen LogP contribution in [0.1, 0.15) is 6.42 Å². The summed E-state index contributed by atoms with van der Waals surface area (Å²) < 4.78 is 5.08. The number of halogens is 1. The van der Waals surface area contributed by atoms with Gasteiger partial charge in [0.2, 0.25) is 5.78 Å². The summed E-state index contributed by atoms with van der Waals surface area (Å²) in [6.07, 6.45) is 2.65. The average Bonchev–Trinajstić information content (AvgIpc) is 2.51. The van der Waals surface area contributed by atoms with Crippen LogP contribution in [0.3, 0.4) is 0 Å². The molecule has 0 aromatic carbocycles. The number of carbonyl (C=O) groups excluding carboxylic acids is 2. The zero-order chi connectivity index (χ0) is 13.8. The van der Waals surface area contributed by atoms with Gasteiger partial charge in [-0.25, -0.2) is 0 Å². The molecule has 18 heavy (non-hydrogen) atoms. The Hall–Kier alpha value is -1.61. The molecule has 0 fully saturated rings. The van der Waals surface area contributed by atoms with E-state index in [1.54, 1.807) is 0 Å². The smallest absolute Gasteiger partial charge is 0.227 e. The predicted molar refractivity (Wildman–Crippen MR) is 67.2 cm³/mol. The summed E-state index contributed by atoms with van der Waals surface area (Å²) >= 11 is 6.05. The number of Topliss-reactive ketones (excluding diaryl/α,β-unsaturated/α-hetero) is 2. The molecule has 0 saturated carbocycles. The van der Waals surface area contributed by atoms with Gasteiger partial charge in [-0.2, -0.15) is 0 Å².